The van der Waals surface area contributed by atoms with Crippen molar-refractivity contribution in [1.29, 1.82) is 0 Å². The molecule has 1 aromatic heterocycles. The number of halogens is 2. The number of rotatable bonds is 9. The van der Waals surface area contributed by atoms with E-state index in [0.717, 1.165) is 46.1 Å². The predicted octanol–water partition coefficient (Wildman–Crippen LogP) is 6.32. The van der Waals surface area contributed by atoms with Crippen LogP contribution < -0.4 is 4.90 Å². The van der Waals surface area contributed by atoms with Crippen molar-refractivity contribution in [3.63, 3.8) is 0 Å². The van der Waals surface area contributed by atoms with E-state index in [-0.39, 0.29) is 18.3 Å². The van der Waals surface area contributed by atoms with Crippen LogP contribution in [0.25, 0.3) is 10.2 Å². The normalized spacial score (nSPS) is 11.0. The van der Waals surface area contributed by atoms with Gasteiger partial charge in [0.1, 0.15) is 0 Å². The zero-order valence-electron chi connectivity index (χ0n) is 18.4. The van der Waals surface area contributed by atoms with Gasteiger partial charge in [-0.15, -0.1) is 24.2 Å². The zero-order valence-corrected chi connectivity index (χ0v) is 21.6. The summed E-state index contributed by atoms with van der Waals surface area (Å²) in [6, 6.07) is 12.1. The number of aromatic nitrogens is 1. The fraction of sp³-hybridized carbons (Fsp3) is 0.391. The Balaban J connectivity index is 0.00000341. The van der Waals surface area contributed by atoms with Crippen molar-refractivity contribution in [3.8, 4) is 0 Å². The van der Waals surface area contributed by atoms with Crippen LogP contribution in [-0.4, -0.2) is 48.2 Å². The maximum atomic E-state index is 13.3. The molecule has 0 saturated heterocycles. The summed E-state index contributed by atoms with van der Waals surface area (Å²) in [7, 11) is 0. The van der Waals surface area contributed by atoms with Crippen LogP contribution >= 0.6 is 47.1 Å². The largest absolute Gasteiger partial charge is 0.302 e. The number of fused-ring (bicyclic) bond motifs is 1. The van der Waals surface area contributed by atoms with Gasteiger partial charge in [0.25, 0.3) is 0 Å². The number of carbonyl (C=O) groups excluding carboxylic acids is 1. The zero-order chi connectivity index (χ0) is 21.7. The van der Waals surface area contributed by atoms with Gasteiger partial charge in [-0.1, -0.05) is 48.9 Å². The van der Waals surface area contributed by atoms with Gasteiger partial charge in [-0.05, 0) is 61.7 Å². The van der Waals surface area contributed by atoms with Crippen molar-refractivity contribution >= 4 is 68.4 Å². The second-order valence-corrected chi connectivity index (χ2v) is 9.49. The van der Waals surface area contributed by atoms with Crippen LogP contribution in [0, 0.1) is 6.92 Å². The SMILES string of the molecule is CCN(CC)CCN(C(=O)Cc1ccc(SC)cc1)c1nc2c(C)cc(Cl)cc2s1.Cl. The number of thiazole rings is 1. The highest BCUT2D eigenvalue weighted by Gasteiger charge is 2.21. The molecule has 0 aliphatic rings. The van der Waals surface area contributed by atoms with Crippen LogP contribution in [0.15, 0.2) is 41.3 Å². The Hall–Kier alpha value is -1.31. The molecule has 0 spiro atoms. The number of amides is 1. The summed E-state index contributed by atoms with van der Waals surface area (Å²) in [5.74, 6) is 0.0712. The van der Waals surface area contributed by atoms with Gasteiger partial charge < -0.3 is 4.90 Å². The van der Waals surface area contributed by atoms with Gasteiger partial charge in [0, 0.05) is 23.0 Å². The summed E-state index contributed by atoms with van der Waals surface area (Å²) >= 11 is 9.47. The Labute approximate surface area is 204 Å². The topological polar surface area (TPSA) is 36.4 Å². The number of nitrogens with zero attached hydrogens (tertiary/aromatic N) is 3. The molecule has 0 aliphatic heterocycles. The smallest absolute Gasteiger partial charge is 0.233 e. The molecule has 0 saturated carbocycles. The minimum absolute atomic E-state index is 0. The molecule has 1 amide bonds. The van der Waals surface area contributed by atoms with E-state index in [1.807, 2.05) is 36.1 Å². The lowest BCUT2D eigenvalue weighted by molar-refractivity contribution is -0.118. The van der Waals surface area contributed by atoms with E-state index in [0.29, 0.717) is 18.0 Å². The molecule has 0 bridgehead atoms. The average Bonchev–Trinajstić information content (AvgIpc) is 3.15. The van der Waals surface area contributed by atoms with Crippen molar-refractivity contribution in [1.82, 2.24) is 9.88 Å². The van der Waals surface area contributed by atoms with Gasteiger partial charge in [0.15, 0.2) is 5.13 Å². The van der Waals surface area contributed by atoms with Crippen LogP contribution in [0.5, 0.6) is 0 Å². The Morgan fingerprint density at radius 1 is 1.13 bits per heavy atom. The van der Waals surface area contributed by atoms with Crippen molar-refractivity contribution < 1.29 is 4.79 Å². The average molecular weight is 499 g/mol. The maximum absolute atomic E-state index is 13.3. The molecule has 3 aromatic rings. The van der Waals surface area contributed by atoms with Crippen LogP contribution in [0.3, 0.4) is 0 Å². The molecule has 31 heavy (non-hydrogen) atoms. The summed E-state index contributed by atoms with van der Waals surface area (Å²) in [6.07, 6.45) is 2.42. The Kier molecular flexibility index (Phi) is 10.1. The molecule has 2 aromatic carbocycles. The van der Waals surface area contributed by atoms with E-state index in [1.165, 1.54) is 16.2 Å². The molecule has 3 rings (SSSR count). The molecule has 0 radical (unpaired) electrons. The molecule has 4 nitrogen and oxygen atoms in total. The first kappa shape index (κ1) is 25.9. The minimum Gasteiger partial charge on any atom is -0.302 e. The van der Waals surface area contributed by atoms with Crippen LogP contribution in [0.2, 0.25) is 5.02 Å². The summed E-state index contributed by atoms with van der Waals surface area (Å²) < 4.78 is 1.01. The highest BCUT2D eigenvalue weighted by molar-refractivity contribution is 7.98. The quantitative estimate of drug-likeness (QED) is 0.324. The number of aryl methyl sites for hydroxylation is 1. The predicted molar refractivity (Wildman–Crippen MR) is 139 cm³/mol. The van der Waals surface area contributed by atoms with Crippen molar-refractivity contribution in [2.24, 2.45) is 0 Å². The van der Waals surface area contributed by atoms with Crippen LogP contribution in [0.4, 0.5) is 5.13 Å². The number of hydrogen-bond donors (Lipinski definition) is 0. The molecule has 0 aliphatic carbocycles. The van der Waals surface area contributed by atoms with E-state index in [9.17, 15) is 4.79 Å². The van der Waals surface area contributed by atoms with Crippen molar-refractivity contribution in [2.45, 2.75) is 32.1 Å². The first-order valence-electron chi connectivity index (χ1n) is 10.2. The summed E-state index contributed by atoms with van der Waals surface area (Å²) in [5, 5.41) is 1.44. The third kappa shape index (κ3) is 6.59. The molecule has 0 atom stereocenters. The minimum atomic E-state index is 0. The van der Waals surface area contributed by atoms with Gasteiger partial charge in [-0.3, -0.25) is 9.69 Å². The first-order chi connectivity index (χ1) is 14.4. The van der Waals surface area contributed by atoms with E-state index < -0.39 is 0 Å². The van der Waals surface area contributed by atoms with Gasteiger partial charge in [-0.25, -0.2) is 4.98 Å². The lowest BCUT2D eigenvalue weighted by Gasteiger charge is -2.24. The van der Waals surface area contributed by atoms with Crippen molar-refractivity contribution in [2.75, 3.05) is 37.3 Å². The highest BCUT2D eigenvalue weighted by atomic mass is 35.5. The highest BCUT2D eigenvalue weighted by Crippen LogP contribution is 2.33. The Bertz CT molecular complexity index is 1000. The van der Waals surface area contributed by atoms with E-state index in [1.54, 1.807) is 11.8 Å². The Morgan fingerprint density at radius 3 is 2.42 bits per heavy atom. The third-order valence-corrected chi connectivity index (χ3v) is 7.21. The van der Waals surface area contributed by atoms with Crippen molar-refractivity contribution in [3.05, 3.63) is 52.5 Å². The fourth-order valence-electron chi connectivity index (χ4n) is 3.38. The molecular weight excluding hydrogens is 469 g/mol. The summed E-state index contributed by atoms with van der Waals surface area (Å²) in [4.78, 5) is 23.5. The summed E-state index contributed by atoms with van der Waals surface area (Å²) in [5.41, 5.74) is 2.97. The number of benzene rings is 2. The lowest BCUT2D eigenvalue weighted by atomic mass is 10.1. The molecule has 8 heteroatoms. The number of hydrogen-bond acceptors (Lipinski definition) is 5. The number of thioether (sulfide) groups is 1. The number of carbonyl (C=O) groups is 1. The molecule has 168 valence electrons. The summed E-state index contributed by atoms with van der Waals surface area (Å²) in [6.45, 7) is 9.66. The van der Waals surface area contributed by atoms with Gasteiger partial charge in [0.05, 0.1) is 16.6 Å². The van der Waals surface area contributed by atoms with Crippen LogP contribution in [-0.2, 0) is 11.2 Å². The number of likely N-dealkylation sites (N-methyl/N-ethyl adjacent to an activating group) is 1. The standard InChI is InChI=1S/C23H28ClN3OS2.ClH/c1-5-26(6-2)11-12-27(21(28)14-17-7-9-19(29-4)10-8-17)23-25-22-16(3)13-18(24)15-20(22)30-23;/h7-10,13,15H,5-6,11-12,14H2,1-4H3;1H. The second kappa shape index (κ2) is 12.1. The maximum Gasteiger partial charge on any atom is 0.233 e. The first-order valence-corrected chi connectivity index (χ1v) is 12.6. The van der Waals surface area contributed by atoms with E-state index >= 15 is 0 Å². The van der Waals surface area contributed by atoms with Gasteiger partial charge in [0.2, 0.25) is 5.91 Å². The number of anilines is 1. The fourth-order valence-corrected chi connectivity index (χ4v) is 5.25. The van der Waals surface area contributed by atoms with Gasteiger partial charge >= 0.3 is 0 Å². The molecule has 0 fully saturated rings. The molecule has 1 heterocycles. The molecular formula is C23H29Cl2N3OS2. The lowest BCUT2D eigenvalue weighted by Crippen LogP contribution is -2.39. The third-order valence-electron chi connectivity index (χ3n) is 5.22. The van der Waals surface area contributed by atoms with Gasteiger partial charge in [-0.2, -0.15) is 0 Å². The molecule has 0 unspecified atom stereocenters. The Morgan fingerprint density at radius 2 is 1.81 bits per heavy atom. The van der Waals surface area contributed by atoms with Crippen LogP contribution in [0.1, 0.15) is 25.0 Å². The molecule has 0 N–H and O–H groups in total. The van der Waals surface area contributed by atoms with E-state index in [4.69, 9.17) is 16.6 Å². The monoisotopic (exact) mass is 497 g/mol. The van der Waals surface area contributed by atoms with E-state index in [2.05, 4.69) is 37.1 Å². The second-order valence-electron chi connectivity index (χ2n) is 7.16.